The summed E-state index contributed by atoms with van der Waals surface area (Å²) in [5.74, 6) is 2.09. The Labute approximate surface area is 165 Å². The minimum absolute atomic E-state index is 0.155. The van der Waals surface area contributed by atoms with Crippen molar-refractivity contribution in [1.82, 2.24) is 19.7 Å². The van der Waals surface area contributed by atoms with Crippen molar-refractivity contribution < 1.29 is 9.15 Å². The summed E-state index contributed by atoms with van der Waals surface area (Å²) >= 11 is 1.37. The fourth-order valence-electron chi connectivity index (χ4n) is 2.85. The van der Waals surface area contributed by atoms with Gasteiger partial charge < -0.3 is 9.15 Å². The van der Waals surface area contributed by atoms with E-state index in [9.17, 15) is 4.79 Å². The number of aryl methyl sites for hydroxylation is 1. The van der Waals surface area contributed by atoms with E-state index in [2.05, 4.69) is 10.2 Å². The van der Waals surface area contributed by atoms with Gasteiger partial charge in [0.15, 0.2) is 5.16 Å². The van der Waals surface area contributed by atoms with Gasteiger partial charge in [0.05, 0.1) is 29.5 Å². The van der Waals surface area contributed by atoms with E-state index in [4.69, 9.17) is 14.1 Å². The van der Waals surface area contributed by atoms with Gasteiger partial charge in [0.25, 0.3) is 5.56 Å². The lowest BCUT2D eigenvalue weighted by Gasteiger charge is -2.15. The van der Waals surface area contributed by atoms with Crippen LogP contribution in [0, 0.1) is 0 Å². The summed E-state index contributed by atoms with van der Waals surface area (Å²) in [5, 5.41) is 9.11. The van der Waals surface area contributed by atoms with Gasteiger partial charge in [0, 0.05) is 6.42 Å². The Morgan fingerprint density at radius 3 is 2.61 bits per heavy atom. The van der Waals surface area contributed by atoms with Crippen molar-refractivity contribution in [3.8, 4) is 11.4 Å². The number of benzene rings is 2. The molecule has 0 saturated heterocycles. The second-order valence-electron chi connectivity index (χ2n) is 5.96. The van der Waals surface area contributed by atoms with Crippen LogP contribution in [0.5, 0.6) is 5.75 Å². The van der Waals surface area contributed by atoms with Crippen LogP contribution in [0.2, 0.25) is 0 Å². The van der Waals surface area contributed by atoms with E-state index < -0.39 is 0 Å². The van der Waals surface area contributed by atoms with Crippen LogP contribution in [0.3, 0.4) is 0 Å². The monoisotopic (exact) mass is 394 g/mol. The highest BCUT2D eigenvalue weighted by molar-refractivity contribution is 7.98. The Hall–Kier alpha value is -3.13. The van der Waals surface area contributed by atoms with Crippen molar-refractivity contribution in [2.24, 2.45) is 0 Å². The van der Waals surface area contributed by atoms with E-state index in [1.54, 1.807) is 17.7 Å². The molecule has 0 saturated carbocycles. The van der Waals surface area contributed by atoms with Crippen LogP contribution in [0.4, 0.5) is 0 Å². The molecule has 28 heavy (non-hydrogen) atoms. The summed E-state index contributed by atoms with van der Waals surface area (Å²) in [6.07, 6.45) is 0.678. The average Bonchev–Trinajstić information content (AvgIpc) is 3.20. The maximum absolute atomic E-state index is 13.3. The van der Waals surface area contributed by atoms with E-state index in [1.807, 2.05) is 49.4 Å². The Bertz CT molecular complexity index is 1190. The zero-order valence-electron chi connectivity index (χ0n) is 15.5. The second kappa shape index (κ2) is 7.85. The number of fused-ring (bicyclic) bond motifs is 1. The van der Waals surface area contributed by atoms with E-state index in [-0.39, 0.29) is 5.56 Å². The summed E-state index contributed by atoms with van der Waals surface area (Å²) in [7, 11) is 1.58. The van der Waals surface area contributed by atoms with E-state index in [0.29, 0.717) is 51.5 Å². The molecule has 0 atom stereocenters. The lowest BCUT2D eigenvalue weighted by Crippen LogP contribution is -2.22. The first-order valence-corrected chi connectivity index (χ1v) is 9.79. The van der Waals surface area contributed by atoms with Crippen LogP contribution in [-0.2, 0) is 12.2 Å². The van der Waals surface area contributed by atoms with Crippen LogP contribution >= 0.6 is 11.8 Å². The molecule has 0 spiro atoms. The standard InChI is InChI=1S/C20H18N4O3S/c1-3-17-22-23-18(27-17)12-28-20-21-14-9-5-4-8-13(14)19(25)24(20)15-10-6-7-11-16(15)26-2/h4-11H,3,12H2,1-2H3. The SMILES string of the molecule is CCc1nnc(CSc2nc3ccccc3c(=O)n2-c2ccccc2OC)o1. The molecule has 0 unspecified atom stereocenters. The Kier molecular flexibility index (Phi) is 5.12. The first-order chi connectivity index (χ1) is 13.7. The predicted octanol–water partition coefficient (Wildman–Crippen LogP) is 3.63. The summed E-state index contributed by atoms with van der Waals surface area (Å²) < 4.78 is 12.6. The minimum atomic E-state index is -0.155. The molecule has 2 heterocycles. The van der Waals surface area contributed by atoms with Crippen molar-refractivity contribution in [2.45, 2.75) is 24.3 Å². The van der Waals surface area contributed by atoms with Crippen LogP contribution in [-0.4, -0.2) is 26.9 Å². The minimum Gasteiger partial charge on any atom is -0.495 e. The number of hydrogen-bond donors (Lipinski definition) is 0. The third-order valence-corrected chi connectivity index (χ3v) is 5.13. The van der Waals surface area contributed by atoms with Gasteiger partial charge in [0.2, 0.25) is 11.8 Å². The van der Waals surface area contributed by atoms with Crippen molar-refractivity contribution in [2.75, 3.05) is 7.11 Å². The molecular formula is C20H18N4O3S. The lowest BCUT2D eigenvalue weighted by molar-refractivity contribution is 0.411. The molecule has 2 aromatic heterocycles. The smallest absolute Gasteiger partial charge is 0.266 e. The third-order valence-electron chi connectivity index (χ3n) is 4.21. The molecular weight excluding hydrogens is 376 g/mol. The predicted molar refractivity (Wildman–Crippen MR) is 107 cm³/mol. The van der Waals surface area contributed by atoms with Gasteiger partial charge in [-0.25, -0.2) is 4.98 Å². The van der Waals surface area contributed by atoms with E-state index in [1.165, 1.54) is 11.8 Å². The third kappa shape index (κ3) is 3.38. The highest BCUT2D eigenvalue weighted by Gasteiger charge is 2.17. The zero-order chi connectivity index (χ0) is 19.5. The van der Waals surface area contributed by atoms with Gasteiger partial charge in [0.1, 0.15) is 5.75 Å². The normalized spacial score (nSPS) is 11.1. The maximum Gasteiger partial charge on any atom is 0.266 e. The molecule has 0 aliphatic carbocycles. The van der Waals surface area contributed by atoms with Gasteiger partial charge in [-0.2, -0.15) is 0 Å². The first-order valence-electron chi connectivity index (χ1n) is 8.80. The van der Waals surface area contributed by atoms with E-state index in [0.717, 1.165) is 0 Å². The number of nitrogens with zero attached hydrogens (tertiary/aromatic N) is 4. The van der Waals surface area contributed by atoms with Gasteiger partial charge in [-0.3, -0.25) is 9.36 Å². The molecule has 4 rings (SSSR count). The van der Waals surface area contributed by atoms with Gasteiger partial charge in [-0.15, -0.1) is 10.2 Å². The average molecular weight is 394 g/mol. The van der Waals surface area contributed by atoms with Gasteiger partial charge >= 0.3 is 0 Å². The van der Waals surface area contributed by atoms with Crippen molar-refractivity contribution in [1.29, 1.82) is 0 Å². The fourth-order valence-corrected chi connectivity index (χ4v) is 3.69. The summed E-state index contributed by atoms with van der Waals surface area (Å²) in [4.78, 5) is 18.0. The Morgan fingerprint density at radius 1 is 1.07 bits per heavy atom. The molecule has 0 amide bonds. The van der Waals surface area contributed by atoms with Crippen molar-refractivity contribution in [3.63, 3.8) is 0 Å². The first kappa shape index (κ1) is 18.2. The second-order valence-corrected chi connectivity index (χ2v) is 6.90. The highest BCUT2D eigenvalue weighted by atomic mass is 32.2. The van der Waals surface area contributed by atoms with Gasteiger partial charge in [-0.05, 0) is 24.3 Å². The quantitative estimate of drug-likeness (QED) is 0.365. The number of methoxy groups -OCH3 is 1. The summed E-state index contributed by atoms with van der Waals surface area (Å²) in [5.41, 5.74) is 1.12. The molecule has 0 aliphatic rings. The Morgan fingerprint density at radius 2 is 1.82 bits per heavy atom. The Balaban J connectivity index is 1.84. The van der Waals surface area contributed by atoms with E-state index >= 15 is 0 Å². The van der Waals surface area contributed by atoms with Crippen LogP contribution in [0.25, 0.3) is 16.6 Å². The largest absolute Gasteiger partial charge is 0.495 e. The van der Waals surface area contributed by atoms with Crippen molar-refractivity contribution >= 4 is 22.7 Å². The van der Waals surface area contributed by atoms with Crippen LogP contribution in [0.1, 0.15) is 18.7 Å². The number of aromatic nitrogens is 4. The molecule has 8 heteroatoms. The molecule has 0 aliphatic heterocycles. The van der Waals surface area contributed by atoms with Gasteiger partial charge in [-0.1, -0.05) is 43.0 Å². The number of ether oxygens (including phenoxy) is 1. The number of para-hydroxylation sites is 3. The lowest BCUT2D eigenvalue weighted by atomic mass is 10.2. The fraction of sp³-hybridized carbons (Fsp3) is 0.200. The van der Waals surface area contributed by atoms with Crippen LogP contribution < -0.4 is 10.3 Å². The molecule has 2 aromatic carbocycles. The highest BCUT2D eigenvalue weighted by Crippen LogP contribution is 2.28. The van der Waals surface area contributed by atoms with Crippen molar-refractivity contribution in [3.05, 3.63) is 70.7 Å². The number of rotatable bonds is 6. The molecule has 7 nitrogen and oxygen atoms in total. The molecule has 0 bridgehead atoms. The summed E-state index contributed by atoms with van der Waals surface area (Å²) in [6, 6.07) is 14.7. The van der Waals surface area contributed by atoms with Crippen LogP contribution in [0.15, 0.2) is 62.9 Å². The molecule has 142 valence electrons. The molecule has 4 aromatic rings. The summed E-state index contributed by atoms with van der Waals surface area (Å²) in [6.45, 7) is 1.95. The zero-order valence-corrected chi connectivity index (χ0v) is 16.3. The molecule has 0 N–H and O–H groups in total. The number of thioether (sulfide) groups is 1. The molecule has 0 radical (unpaired) electrons. The molecule has 0 fully saturated rings. The maximum atomic E-state index is 13.3. The number of hydrogen-bond acceptors (Lipinski definition) is 7. The topological polar surface area (TPSA) is 83.0 Å².